The fraction of sp³-hybridized carbons (Fsp3) is 1.00. The van der Waals surface area contributed by atoms with Crippen LogP contribution in [0.1, 0.15) is 41.0 Å². The van der Waals surface area contributed by atoms with Crippen LogP contribution in [0, 0.1) is 0 Å². The summed E-state index contributed by atoms with van der Waals surface area (Å²) in [5.74, 6) is 0. The van der Waals surface area contributed by atoms with Crippen molar-refractivity contribution in [1.82, 2.24) is 0 Å². The van der Waals surface area contributed by atoms with E-state index in [0.29, 0.717) is 6.10 Å². The van der Waals surface area contributed by atoms with E-state index in [2.05, 4.69) is 13.8 Å². The largest absolute Gasteiger partial charge is 0.399 e. The summed E-state index contributed by atoms with van der Waals surface area (Å²) in [7, 11) is -1.85. The van der Waals surface area contributed by atoms with E-state index in [0.717, 1.165) is 26.2 Å². The molecule has 0 heterocycles. The Morgan fingerprint density at radius 1 is 1.00 bits per heavy atom. The summed E-state index contributed by atoms with van der Waals surface area (Å²) in [5.41, 5.74) is 0. The van der Waals surface area contributed by atoms with Gasteiger partial charge in [0, 0.05) is 25.9 Å². The molecular weight excluding hydrogens is 252 g/mol. The van der Waals surface area contributed by atoms with Crippen LogP contribution < -0.4 is 0 Å². The molecule has 0 aliphatic heterocycles. The Morgan fingerprint density at radius 2 is 1.53 bits per heavy atom. The maximum Gasteiger partial charge on any atom is 0.318 e. The second-order valence-corrected chi connectivity index (χ2v) is 6.25. The van der Waals surface area contributed by atoms with Gasteiger partial charge >= 0.3 is 19.3 Å². The lowest BCUT2D eigenvalue weighted by atomic mass is 10.3. The molecule has 106 valence electrons. The summed E-state index contributed by atoms with van der Waals surface area (Å²) in [6, 6.07) is 0. The van der Waals surface area contributed by atoms with Crippen molar-refractivity contribution >= 4 is 19.3 Å². The molecule has 0 spiro atoms. The van der Waals surface area contributed by atoms with E-state index >= 15 is 0 Å². The van der Waals surface area contributed by atoms with Gasteiger partial charge in [0.1, 0.15) is 0 Å². The zero-order chi connectivity index (χ0) is 13.5. The molecule has 0 rings (SSSR count). The predicted octanol–water partition coefficient (Wildman–Crippen LogP) is 1.75. The molecule has 1 unspecified atom stereocenters. The molecule has 0 radical (unpaired) electrons. The second kappa shape index (κ2) is 16.3. The molecule has 0 aromatic carbocycles. The van der Waals surface area contributed by atoms with Crippen molar-refractivity contribution in [3.8, 4) is 0 Å². The average molecular weight is 283 g/mol. The van der Waals surface area contributed by atoms with Crippen molar-refractivity contribution < 1.29 is 17.7 Å². The van der Waals surface area contributed by atoms with E-state index in [1.165, 1.54) is 0 Å². The molecule has 0 bridgehead atoms. The van der Waals surface area contributed by atoms with E-state index in [4.69, 9.17) is 17.7 Å². The van der Waals surface area contributed by atoms with E-state index < -0.39 is 19.3 Å². The van der Waals surface area contributed by atoms with Crippen LogP contribution in [0.25, 0.3) is 0 Å². The maximum atomic E-state index is 5.35. The van der Waals surface area contributed by atoms with Gasteiger partial charge in [0.2, 0.25) is 0 Å². The minimum absolute atomic E-state index is 0.392. The van der Waals surface area contributed by atoms with Gasteiger partial charge in [-0.25, -0.2) is 0 Å². The van der Waals surface area contributed by atoms with Crippen LogP contribution in [0.2, 0.25) is 6.55 Å². The first-order chi connectivity index (χ1) is 8.12. The smallest absolute Gasteiger partial charge is 0.318 e. The first-order valence-corrected chi connectivity index (χ1v) is 9.79. The lowest BCUT2D eigenvalue weighted by molar-refractivity contribution is 0.169. The molecule has 0 aromatic heterocycles. The molecule has 4 nitrogen and oxygen atoms in total. The van der Waals surface area contributed by atoms with Gasteiger partial charge in [-0.2, -0.15) is 0 Å². The third-order valence-electron chi connectivity index (χ3n) is 2.02. The van der Waals surface area contributed by atoms with Gasteiger partial charge in [0.05, 0.1) is 0 Å². The van der Waals surface area contributed by atoms with Gasteiger partial charge in [0.25, 0.3) is 0 Å². The quantitative estimate of drug-likeness (QED) is 0.477. The molecule has 1 atom stereocenters. The molecule has 0 amide bonds. The van der Waals surface area contributed by atoms with Gasteiger partial charge in [0.15, 0.2) is 0 Å². The first-order valence-electron chi connectivity index (χ1n) is 6.54. The lowest BCUT2D eigenvalue weighted by Gasteiger charge is -2.08. The number of hydrogen-bond donors (Lipinski definition) is 0. The van der Waals surface area contributed by atoms with Crippen LogP contribution >= 0.6 is 0 Å². The minimum atomic E-state index is -1.20. The molecule has 17 heavy (non-hydrogen) atoms. The molecule has 0 aliphatic carbocycles. The third kappa shape index (κ3) is 18.8. The van der Waals surface area contributed by atoms with Crippen LogP contribution in [0.5, 0.6) is 0 Å². The Kier molecular flexibility index (Phi) is 18.8. The van der Waals surface area contributed by atoms with Crippen molar-refractivity contribution in [2.45, 2.75) is 53.7 Å². The van der Waals surface area contributed by atoms with Crippen molar-refractivity contribution in [2.75, 3.05) is 19.8 Å². The standard InChI is InChI=1S/C6H16O2Si.C5H14O2Si/c1-4-6(3)8-9-7-5-2;1-4-6-8(3)7-5-2/h6H,4-5,9H2,1-3H3;8H,4-5H2,1-3H3. The van der Waals surface area contributed by atoms with Crippen molar-refractivity contribution in [1.29, 1.82) is 0 Å². The van der Waals surface area contributed by atoms with Gasteiger partial charge < -0.3 is 17.7 Å². The average Bonchev–Trinajstić information content (AvgIpc) is 2.30. The van der Waals surface area contributed by atoms with Crippen molar-refractivity contribution in [2.24, 2.45) is 0 Å². The SMILES string of the molecule is CCO[SiH2]OC(C)CC.CCO[SiH](C)OCC. The fourth-order valence-electron chi connectivity index (χ4n) is 0.883. The predicted molar refractivity (Wildman–Crippen MR) is 77.3 cm³/mol. The molecular formula is C11H30O4Si2. The van der Waals surface area contributed by atoms with E-state index in [9.17, 15) is 0 Å². The van der Waals surface area contributed by atoms with E-state index in [1.807, 2.05) is 27.3 Å². The highest BCUT2D eigenvalue weighted by atomic mass is 28.3. The summed E-state index contributed by atoms with van der Waals surface area (Å²) in [6.45, 7) is 14.6. The molecule has 0 N–H and O–H groups in total. The summed E-state index contributed by atoms with van der Waals surface area (Å²) >= 11 is 0. The Hall–Kier alpha value is 0.274. The van der Waals surface area contributed by atoms with Crippen LogP contribution in [-0.2, 0) is 17.7 Å². The van der Waals surface area contributed by atoms with Crippen LogP contribution in [-0.4, -0.2) is 45.2 Å². The number of hydrogen-bond acceptors (Lipinski definition) is 4. The molecule has 6 heteroatoms. The molecule has 0 aliphatic rings. The highest BCUT2D eigenvalue weighted by Gasteiger charge is 1.99. The van der Waals surface area contributed by atoms with Crippen molar-refractivity contribution in [3.63, 3.8) is 0 Å². The maximum absolute atomic E-state index is 5.35. The molecule has 0 saturated heterocycles. The Labute approximate surface area is 111 Å². The summed E-state index contributed by atoms with van der Waals surface area (Å²) in [6.07, 6.45) is 1.48. The zero-order valence-corrected chi connectivity index (χ0v) is 14.9. The van der Waals surface area contributed by atoms with Gasteiger partial charge in [-0.05, 0) is 40.7 Å². The van der Waals surface area contributed by atoms with Crippen LogP contribution in [0.15, 0.2) is 0 Å². The van der Waals surface area contributed by atoms with Crippen molar-refractivity contribution in [3.05, 3.63) is 0 Å². The second-order valence-electron chi connectivity index (χ2n) is 3.47. The Morgan fingerprint density at radius 3 is 1.88 bits per heavy atom. The third-order valence-corrected chi connectivity index (χ3v) is 4.90. The van der Waals surface area contributed by atoms with Gasteiger partial charge in [-0.1, -0.05) is 6.92 Å². The molecule has 0 fully saturated rings. The molecule has 0 aromatic rings. The Balaban J connectivity index is 0. The van der Waals surface area contributed by atoms with E-state index in [1.54, 1.807) is 0 Å². The highest BCUT2D eigenvalue weighted by Crippen LogP contribution is 1.93. The molecule has 0 saturated carbocycles. The van der Waals surface area contributed by atoms with E-state index in [-0.39, 0.29) is 0 Å². The fourth-order valence-corrected chi connectivity index (χ4v) is 2.65. The van der Waals surface area contributed by atoms with Gasteiger partial charge in [-0.3, -0.25) is 0 Å². The normalized spacial score (nSPS) is 12.9. The summed E-state index contributed by atoms with van der Waals surface area (Å²) in [5, 5.41) is 0. The zero-order valence-electron chi connectivity index (χ0n) is 12.3. The highest BCUT2D eigenvalue weighted by molar-refractivity contribution is 6.42. The number of rotatable bonds is 9. The topological polar surface area (TPSA) is 36.9 Å². The summed E-state index contributed by atoms with van der Waals surface area (Å²) in [4.78, 5) is 0. The van der Waals surface area contributed by atoms with Crippen LogP contribution in [0.4, 0.5) is 0 Å². The lowest BCUT2D eigenvalue weighted by Crippen LogP contribution is -2.17. The van der Waals surface area contributed by atoms with Crippen LogP contribution in [0.3, 0.4) is 0 Å². The Bertz CT molecular complexity index is 133. The van der Waals surface area contributed by atoms with Gasteiger partial charge in [-0.15, -0.1) is 0 Å². The monoisotopic (exact) mass is 282 g/mol. The first kappa shape index (κ1) is 19.6. The minimum Gasteiger partial charge on any atom is -0.399 e. The summed E-state index contributed by atoms with van der Waals surface area (Å²) < 4.78 is 20.9.